The quantitative estimate of drug-likeness (QED) is 0.0785. The Morgan fingerprint density at radius 1 is 0.676 bits per heavy atom. The van der Waals surface area contributed by atoms with Gasteiger partial charge in [0.2, 0.25) is 0 Å². The Morgan fingerprint density at radius 3 is 1.76 bits per heavy atom. The molecule has 0 spiro atoms. The smallest absolute Gasteiger partial charge is 0.378 e. The molecule has 0 aliphatic rings. The predicted octanol–water partition coefficient (Wildman–Crippen LogP) is 8.31. The summed E-state index contributed by atoms with van der Waals surface area (Å²) in [6, 6.07) is 9.68. The zero-order chi connectivity index (χ0) is 27.0. The predicted molar refractivity (Wildman–Crippen MR) is 150 cm³/mol. The van der Waals surface area contributed by atoms with E-state index in [9.17, 15) is 14.4 Å². The molecule has 5 heteroatoms. The van der Waals surface area contributed by atoms with Crippen molar-refractivity contribution in [3.8, 4) is 0 Å². The van der Waals surface area contributed by atoms with Crippen LogP contribution in [0.1, 0.15) is 135 Å². The minimum Gasteiger partial charge on any atom is -0.459 e. The average Bonchev–Trinajstić information content (AvgIpc) is 2.91. The van der Waals surface area contributed by atoms with E-state index in [1.807, 2.05) is 30.3 Å². The van der Waals surface area contributed by atoms with Gasteiger partial charge in [-0.1, -0.05) is 134 Å². The van der Waals surface area contributed by atoms with E-state index in [0.717, 1.165) is 44.1 Å². The number of ketones is 1. The Labute approximate surface area is 226 Å². The monoisotopic (exact) mass is 516 g/mol. The molecule has 0 bridgehead atoms. The number of carbonyl (C=O) groups excluding carboxylic acids is 3. The maximum absolute atomic E-state index is 12.8. The lowest BCUT2D eigenvalue weighted by molar-refractivity contribution is -0.165. The number of rotatable bonds is 24. The lowest BCUT2D eigenvalue weighted by atomic mass is 10.0. The Bertz CT molecular complexity index is 715. The number of carbonyl (C=O) groups is 3. The van der Waals surface area contributed by atoms with Crippen molar-refractivity contribution >= 4 is 17.7 Å². The van der Waals surface area contributed by atoms with Gasteiger partial charge in [-0.05, 0) is 24.8 Å². The van der Waals surface area contributed by atoms with E-state index in [1.54, 1.807) is 0 Å². The van der Waals surface area contributed by atoms with Crippen molar-refractivity contribution in [1.29, 1.82) is 0 Å². The normalized spacial score (nSPS) is 11.7. The molecule has 5 nitrogen and oxygen atoms in total. The van der Waals surface area contributed by atoms with Crippen molar-refractivity contribution in [2.45, 2.75) is 142 Å². The SMILES string of the molecule is CCCCCCCCCCCC(OC(=O)CCCCCCCCC)C(=O)C(=O)OCCc1ccccc1. The van der Waals surface area contributed by atoms with Gasteiger partial charge in [0.1, 0.15) is 0 Å². The number of ether oxygens (including phenoxy) is 2. The molecule has 0 heterocycles. The fourth-order valence-electron chi connectivity index (χ4n) is 4.44. The molecule has 0 radical (unpaired) electrons. The van der Waals surface area contributed by atoms with Crippen LogP contribution in [0.4, 0.5) is 0 Å². The van der Waals surface area contributed by atoms with Gasteiger partial charge in [0.15, 0.2) is 6.10 Å². The maximum Gasteiger partial charge on any atom is 0.378 e. The summed E-state index contributed by atoms with van der Waals surface area (Å²) in [5.41, 5.74) is 1.04. The summed E-state index contributed by atoms with van der Waals surface area (Å²) in [4.78, 5) is 37.7. The topological polar surface area (TPSA) is 69.7 Å². The molecule has 210 valence electrons. The molecule has 0 saturated heterocycles. The lowest BCUT2D eigenvalue weighted by Crippen LogP contribution is -2.34. The highest BCUT2D eigenvalue weighted by Gasteiger charge is 2.29. The number of unbranched alkanes of at least 4 members (excludes halogenated alkanes) is 14. The van der Waals surface area contributed by atoms with Gasteiger partial charge in [-0.15, -0.1) is 0 Å². The maximum atomic E-state index is 12.8. The molecule has 0 fully saturated rings. The molecule has 1 aromatic rings. The highest BCUT2D eigenvalue weighted by atomic mass is 16.6. The van der Waals surface area contributed by atoms with Crippen LogP contribution in [0.25, 0.3) is 0 Å². The summed E-state index contributed by atoms with van der Waals surface area (Å²) in [6.07, 6.45) is 18.3. The summed E-state index contributed by atoms with van der Waals surface area (Å²) >= 11 is 0. The van der Waals surface area contributed by atoms with Crippen LogP contribution in [-0.2, 0) is 30.3 Å². The van der Waals surface area contributed by atoms with E-state index in [2.05, 4.69) is 13.8 Å². The van der Waals surface area contributed by atoms with Gasteiger partial charge in [0.25, 0.3) is 5.78 Å². The fourth-order valence-corrected chi connectivity index (χ4v) is 4.44. The first-order chi connectivity index (χ1) is 18.1. The average molecular weight is 517 g/mol. The van der Waals surface area contributed by atoms with Crippen molar-refractivity contribution in [3.05, 3.63) is 35.9 Å². The standard InChI is InChI=1S/C32H52O5/c1-3-5-7-9-11-12-14-15-20-24-29(37-30(33)25-21-16-13-10-8-6-4-2)31(34)32(35)36-27-26-28-22-18-17-19-23-28/h17-19,22-23,29H,3-16,20-21,24-27H2,1-2H3. The third kappa shape index (κ3) is 17.8. The van der Waals surface area contributed by atoms with E-state index in [1.165, 1.54) is 64.2 Å². The van der Waals surface area contributed by atoms with E-state index in [0.29, 0.717) is 19.3 Å². The van der Waals surface area contributed by atoms with Crippen molar-refractivity contribution in [2.24, 2.45) is 0 Å². The number of hydrogen-bond donors (Lipinski definition) is 0. The van der Waals surface area contributed by atoms with Gasteiger partial charge in [0, 0.05) is 12.8 Å². The van der Waals surface area contributed by atoms with Gasteiger partial charge in [-0.2, -0.15) is 0 Å². The number of Topliss-reactive ketones (excluding diaryl/α,β-unsaturated/α-hetero) is 1. The van der Waals surface area contributed by atoms with Crippen LogP contribution in [0.3, 0.4) is 0 Å². The molecule has 1 aromatic carbocycles. The molecule has 0 aliphatic heterocycles. The second-order valence-corrected chi connectivity index (χ2v) is 10.2. The number of benzene rings is 1. The van der Waals surface area contributed by atoms with Gasteiger partial charge in [-0.25, -0.2) is 4.79 Å². The zero-order valence-corrected chi connectivity index (χ0v) is 23.6. The second-order valence-electron chi connectivity index (χ2n) is 10.2. The molecule has 0 N–H and O–H groups in total. The highest BCUT2D eigenvalue weighted by Crippen LogP contribution is 2.15. The Kier molecular flexibility index (Phi) is 20.4. The van der Waals surface area contributed by atoms with Crippen LogP contribution in [0, 0.1) is 0 Å². The number of hydrogen-bond acceptors (Lipinski definition) is 5. The van der Waals surface area contributed by atoms with E-state index in [-0.39, 0.29) is 12.6 Å². The van der Waals surface area contributed by atoms with Crippen LogP contribution in [0.2, 0.25) is 0 Å². The van der Waals surface area contributed by atoms with Crippen molar-refractivity contribution in [1.82, 2.24) is 0 Å². The minimum atomic E-state index is -1.04. The lowest BCUT2D eigenvalue weighted by Gasteiger charge is -2.16. The largest absolute Gasteiger partial charge is 0.459 e. The number of esters is 2. The van der Waals surface area contributed by atoms with Crippen LogP contribution in [0.5, 0.6) is 0 Å². The summed E-state index contributed by atoms with van der Waals surface area (Å²) in [6.45, 7) is 4.55. The van der Waals surface area contributed by atoms with E-state index in [4.69, 9.17) is 9.47 Å². The van der Waals surface area contributed by atoms with E-state index >= 15 is 0 Å². The Balaban J connectivity index is 2.43. The summed E-state index contributed by atoms with van der Waals surface area (Å²) < 4.78 is 10.8. The first-order valence-electron chi connectivity index (χ1n) is 15.0. The van der Waals surface area contributed by atoms with Gasteiger partial charge < -0.3 is 9.47 Å². The molecule has 1 unspecified atom stereocenters. The second kappa shape index (κ2) is 23.0. The molecule has 0 aliphatic carbocycles. The summed E-state index contributed by atoms with van der Waals surface area (Å²) in [5, 5.41) is 0. The van der Waals surface area contributed by atoms with Gasteiger partial charge in [0.05, 0.1) is 6.61 Å². The zero-order valence-electron chi connectivity index (χ0n) is 23.6. The summed E-state index contributed by atoms with van der Waals surface area (Å²) in [5.74, 6) is -2.03. The molecule has 0 saturated carbocycles. The molecular formula is C32H52O5. The summed E-state index contributed by atoms with van der Waals surface area (Å²) in [7, 11) is 0. The van der Waals surface area contributed by atoms with Gasteiger partial charge in [-0.3, -0.25) is 9.59 Å². The van der Waals surface area contributed by atoms with Crippen molar-refractivity contribution in [3.63, 3.8) is 0 Å². The van der Waals surface area contributed by atoms with Crippen LogP contribution >= 0.6 is 0 Å². The first kappa shape index (κ1) is 32.9. The van der Waals surface area contributed by atoms with Gasteiger partial charge >= 0.3 is 11.9 Å². The molecular weight excluding hydrogens is 464 g/mol. The molecule has 1 atom stereocenters. The molecule has 0 amide bonds. The Morgan fingerprint density at radius 2 is 1.19 bits per heavy atom. The van der Waals surface area contributed by atoms with Crippen LogP contribution in [-0.4, -0.2) is 30.4 Å². The highest BCUT2D eigenvalue weighted by molar-refractivity contribution is 6.35. The fraction of sp³-hybridized carbons (Fsp3) is 0.719. The first-order valence-corrected chi connectivity index (χ1v) is 15.0. The molecule has 1 rings (SSSR count). The van der Waals surface area contributed by atoms with Crippen molar-refractivity contribution < 1.29 is 23.9 Å². The minimum absolute atomic E-state index is 0.130. The molecule has 37 heavy (non-hydrogen) atoms. The van der Waals surface area contributed by atoms with Crippen LogP contribution < -0.4 is 0 Å². The van der Waals surface area contributed by atoms with E-state index < -0.39 is 17.9 Å². The van der Waals surface area contributed by atoms with Crippen molar-refractivity contribution in [2.75, 3.05) is 6.61 Å². The molecule has 0 aromatic heterocycles. The third-order valence-electron chi connectivity index (χ3n) is 6.79. The third-order valence-corrected chi connectivity index (χ3v) is 6.79. The van der Waals surface area contributed by atoms with Crippen LogP contribution in [0.15, 0.2) is 30.3 Å². The Hall–Kier alpha value is -2.17.